The van der Waals surface area contributed by atoms with Crippen molar-refractivity contribution in [2.75, 3.05) is 7.11 Å². The summed E-state index contributed by atoms with van der Waals surface area (Å²) in [5.41, 5.74) is -1.20. The van der Waals surface area contributed by atoms with Crippen LogP contribution in [0.3, 0.4) is 0 Å². The predicted molar refractivity (Wildman–Crippen MR) is 115 cm³/mol. The van der Waals surface area contributed by atoms with Gasteiger partial charge in [-0.05, 0) is 38.8 Å². The average Bonchev–Trinajstić information content (AvgIpc) is 2.76. The topological polar surface area (TPSA) is 106 Å². The van der Waals surface area contributed by atoms with Gasteiger partial charge < -0.3 is 19.6 Å². The number of aliphatic hydroxyl groups is 1. The number of ether oxygens (including phenoxy) is 1. The monoisotopic (exact) mass is 425 g/mol. The van der Waals surface area contributed by atoms with Crippen LogP contribution in [0.5, 0.6) is 0 Å². The highest BCUT2D eigenvalue weighted by atomic mass is 16.5. The van der Waals surface area contributed by atoms with E-state index in [9.17, 15) is 19.5 Å². The second-order valence-corrected chi connectivity index (χ2v) is 8.55. The second kappa shape index (κ2) is 7.96. The molecular formula is C24H27NO6. The van der Waals surface area contributed by atoms with Gasteiger partial charge >= 0.3 is 5.97 Å². The molecule has 0 radical (unpaired) electrons. The SMILES string of the molecule is COC(=O)C1(O)CC(C(C)=O)=C(NC2CCCCC2)c2oc3ccc(C)cc3c(=O)c21. The van der Waals surface area contributed by atoms with Crippen LogP contribution in [0.15, 0.2) is 33.0 Å². The molecule has 4 rings (SSSR count). The fraction of sp³-hybridized carbons (Fsp3) is 0.458. The van der Waals surface area contributed by atoms with E-state index in [1.165, 1.54) is 6.92 Å². The van der Waals surface area contributed by atoms with Crippen LogP contribution >= 0.6 is 0 Å². The number of benzene rings is 1. The number of carbonyl (C=O) groups excluding carboxylic acids is 2. The molecule has 2 aliphatic carbocycles. The number of fused-ring (bicyclic) bond motifs is 2. The Morgan fingerprint density at radius 1 is 1.23 bits per heavy atom. The first kappa shape index (κ1) is 21.3. The number of nitrogens with one attached hydrogen (secondary N) is 1. The maximum Gasteiger partial charge on any atom is 0.343 e. The van der Waals surface area contributed by atoms with Gasteiger partial charge in [-0.3, -0.25) is 9.59 Å². The molecule has 2 aliphatic rings. The molecule has 1 aromatic heterocycles. The molecule has 1 aromatic carbocycles. The summed E-state index contributed by atoms with van der Waals surface area (Å²) in [5.74, 6) is -1.27. The number of carbonyl (C=O) groups is 2. The van der Waals surface area contributed by atoms with Crippen molar-refractivity contribution >= 4 is 28.4 Å². The number of esters is 1. The summed E-state index contributed by atoms with van der Waals surface area (Å²) in [7, 11) is 1.14. The second-order valence-electron chi connectivity index (χ2n) is 8.55. The van der Waals surface area contributed by atoms with E-state index in [4.69, 9.17) is 9.15 Å². The van der Waals surface area contributed by atoms with Gasteiger partial charge in [0.1, 0.15) is 5.58 Å². The van der Waals surface area contributed by atoms with E-state index < -0.39 is 17.0 Å². The summed E-state index contributed by atoms with van der Waals surface area (Å²) in [6.45, 7) is 3.22. The number of hydrogen-bond acceptors (Lipinski definition) is 7. The van der Waals surface area contributed by atoms with Gasteiger partial charge in [-0.1, -0.05) is 30.9 Å². The van der Waals surface area contributed by atoms with Crippen molar-refractivity contribution in [1.29, 1.82) is 0 Å². The van der Waals surface area contributed by atoms with Crippen LogP contribution < -0.4 is 10.7 Å². The zero-order chi connectivity index (χ0) is 22.3. The molecule has 0 amide bonds. The van der Waals surface area contributed by atoms with Gasteiger partial charge in [0.2, 0.25) is 0 Å². The Labute approximate surface area is 180 Å². The van der Waals surface area contributed by atoms with Gasteiger partial charge in [0.15, 0.2) is 22.6 Å². The third-order valence-electron chi connectivity index (χ3n) is 6.32. The molecule has 1 heterocycles. The van der Waals surface area contributed by atoms with Gasteiger partial charge in [0.05, 0.1) is 23.8 Å². The third-order valence-corrected chi connectivity index (χ3v) is 6.32. The Morgan fingerprint density at radius 2 is 1.94 bits per heavy atom. The summed E-state index contributed by atoms with van der Waals surface area (Å²) in [4.78, 5) is 38.7. The number of methoxy groups -OCH3 is 1. The zero-order valence-electron chi connectivity index (χ0n) is 18.0. The lowest BCUT2D eigenvalue weighted by Gasteiger charge is -2.35. The molecule has 0 spiro atoms. The highest BCUT2D eigenvalue weighted by Gasteiger charge is 2.50. The molecule has 1 unspecified atom stereocenters. The molecule has 31 heavy (non-hydrogen) atoms. The van der Waals surface area contributed by atoms with E-state index in [-0.39, 0.29) is 40.5 Å². The molecule has 1 atom stereocenters. The number of hydrogen-bond donors (Lipinski definition) is 2. The highest BCUT2D eigenvalue weighted by Crippen LogP contribution is 2.42. The molecular weight excluding hydrogens is 398 g/mol. The minimum absolute atomic E-state index is 0.0382. The molecule has 164 valence electrons. The van der Waals surface area contributed by atoms with Crippen molar-refractivity contribution in [3.63, 3.8) is 0 Å². The molecule has 1 saturated carbocycles. The van der Waals surface area contributed by atoms with E-state index in [0.29, 0.717) is 11.3 Å². The van der Waals surface area contributed by atoms with Crippen LogP contribution in [0, 0.1) is 6.92 Å². The number of rotatable bonds is 4. The molecule has 2 N–H and O–H groups in total. The van der Waals surface area contributed by atoms with Crippen molar-refractivity contribution in [3.05, 3.63) is 50.9 Å². The maximum atomic E-state index is 13.5. The van der Waals surface area contributed by atoms with Crippen LogP contribution in [0.2, 0.25) is 0 Å². The lowest BCUT2D eigenvalue weighted by molar-refractivity contribution is -0.164. The number of aryl methyl sites for hydroxylation is 1. The Balaban J connectivity index is 2.02. The van der Waals surface area contributed by atoms with E-state index in [1.54, 1.807) is 12.1 Å². The van der Waals surface area contributed by atoms with Gasteiger partial charge in [0.25, 0.3) is 0 Å². The predicted octanol–water partition coefficient (Wildman–Crippen LogP) is 3.09. The van der Waals surface area contributed by atoms with Crippen molar-refractivity contribution in [3.8, 4) is 0 Å². The Kier molecular flexibility index (Phi) is 5.47. The van der Waals surface area contributed by atoms with E-state index >= 15 is 0 Å². The number of ketones is 1. The molecule has 2 aromatic rings. The Bertz CT molecular complexity index is 1150. The lowest BCUT2D eigenvalue weighted by Crippen LogP contribution is -2.46. The van der Waals surface area contributed by atoms with Crippen LogP contribution in [-0.4, -0.2) is 30.0 Å². The van der Waals surface area contributed by atoms with Crippen LogP contribution in [0.1, 0.15) is 62.3 Å². The van der Waals surface area contributed by atoms with Gasteiger partial charge in [-0.2, -0.15) is 0 Å². The van der Waals surface area contributed by atoms with Crippen molar-refractivity contribution in [2.45, 2.75) is 64.0 Å². The first-order valence-electron chi connectivity index (χ1n) is 10.7. The average molecular weight is 425 g/mol. The van der Waals surface area contributed by atoms with E-state index in [2.05, 4.69) is 5.32 Å². The van der Waals surface area contributed by atoms with Crippen molar-refractivity contribution < 1.29 is 23.8 Å². The molecule has 0 aliphatic heterocycles. The maximum absolute atomic E-state index is 13.5. The quantitative estimate of drug-likeness (QED) is 0.725. The molecule has 7 nitrogen and oxygen atoms in total. The standard InChI is InChI=1S/C24H27NO6/c1-13-9-10-18-16(11-13)21(27)19-22(31-18)20(25-15-7-5-4-6-8-15)17(14(2)26)12-24(19,29)23(28)30-3/h9-11,15,25,29H,4-8,12H2,1-3H3. The summed E-state index contributed by atoms with van der Waals surface area (Å²) in [6.07, 6.45) is 4.82. The van der Waals surface area contributed by atoms with Gasteiger partial charge in [-0.25, -0.2) is 4.79 Å². The largest absolute Gasteiger partial charge is 0.467 e. The minimum atomic E-state index is -2.30. The van der Waals surface area contributed by atoms with Crippen LogP contribution in [0.25, 0.3) is 16.7 Å². The van der Waals surface area contributed by atoms with Crippen molar-refractivity contribution in [2.24, 2.45) is 0 Å². The summed E-state index contributed by atoms with van der Waals surface area (Å²) < 4.78 is 10.9. The molecule has 0 bridgehead atoms. The van der Waals surface area contributed by atoms with Crippen LogP contribution in [0.4, 0.5) is 0 Å². The minimum Gasteiger partial charge on any atom is -0.467 e. The fourth-order valence-electron chi connectivity index (χ4n) is 4.68. The first-order valence-corrected chi connectivity index (χ1v) is 10.7. The summed E-state index contributed by atoms with van der Waals surface area (Å²) in [6, 6.07) is 5.28. The van der Waals surface area contributed by atoms with E-state index in [1.807, 2.05) is 13.0 Å². The highest BCUT2D eigenvalue weighted by molar-refractivity contribution is 6.04. The van der Waals surface area contributed by atoms with Crippen molar-refractivity contribution in [1.82, 2.24) is 5.32 Å². The Hall–Kier alpha value is -2.93. The lowest BCUT2D eigenvalue weighted by atomic mass is 9.78. The molecule has 1 fully saturated rings. The molecule has 0 saturated heterocycles. The Morgan fingerprint density at radius 3 is 2.58 bits per heavy atom. The van der Waals surface area contributed by atoms with Crippen LogP contribution in [-0.2, 0) is 19.9 Å². The normalized spacial score (nSPS) is 21.7. The molecule has 7 heteroatoms. The smallest absolute Gasteiger partial charge is 0.343 e. The summed E-state index contributed by atoms with van der Waals surface area (Å²) >= 11 is 0. The fourth-order valence-corrected chi connectivity index (χ4v) is 4.68. The first-order chi connectivity index (χ1) is 14.8. The third kappa shape index (κ3) is 3.57. The summed E-state index contributed by atoms with van der Waals surface area (Å²) in [5, 5.41) is 15.1. The zero-order valence-corrected chi connectivity index (χ0v) is 18.0. The van der Waals surface area contributed by atoms with Gasteiger partial charge in [-0.15, -0.1) is 0 Å². The van der Waals surface area contributed by atoms with Gasteiger partial charge in [0, 0.05) is 18.0 Å². The van der Waals surface area contributed by atoms with E-state index in [0.717, 1.165) is 44.8 Å². The number of Topliss-reactive ketones (excluding diaryl/α,β-unsaturated/α-hetero) is 1.